The quantitative estimate of drug-likeness (QED) is 0.423. The van der Waals surface area contributed by atoms with Crippen LogP contribution >= 0.6 is 47.2 Å². The summed E-state index contributed by atoms with van der Waals surface area (Å²) in [6, 6.07) is 16.0. The summed E-state index contributed by atoms with van der Waals surface area (Å²) in [6.45, 7) is 1.51. The van der Waals surface area contributed by atoms with E-state index in [-0.39, 0.29) is 0 Å². The van der Waals surface area contributed by atoms with Crippen molar-refractivity contribution in [3.05, 3.63) is 64.1 Å². The van der Waals surface area contributed by atoms with E-state index in [2.05, 4.69) is 17.4 Å². The summed E-state index contributed by atoms with van der Waals surface area (Å²) in [5.74, 6) is 0.963. The van der Waals surface area contributed by atoms with E-state index in [9.17, 15) is 0 Å². The lowest BCUT2D eigenvalue weighted by atomic mass is 10.2. The van der Waals surface area contributed by atoms with E-state index in [4.69, 9.17) is 35.4 Å². The summed E-state index contributed by atoms with van der Waals surface area (Å²) in [5.41, 5.74) is 1.07. The highest BCUT2D eigenvalue weighted by Crippen LogP contribution is 2.23. The van der Waals surface area contributed by atoms with Gasteiger partial charge in [-0.05, 0) is 42.0 Å². The first kappa shape index (κ1) is 18.4. The summed E-state index contributed by atoms with van der Waals surface area (Å²) in [6.07, 6.45) is 0. The van der Waals surface area contributed by atoms with E-state index >= 15 is 0 Å². The Morgan fingerprint density at radius 2 is 1.87 bits per heavy atom. The SMILES string of the molecule is CN(Cc1ccc(Cl)c(Cl)c1)C(=S)NCCSc1ccccc1. The molecular weight excluding hydrogens is 367 g/mol. The molecule has 0 aromatic heterocycles. The van der Waals surface area contributed by atoms with Crippen molar-refractivity contribution in [3.8, 4) is 0 Å². The fourth-order valence-electron chi connectivity index (χ4n) is 1.96. The average molecular weight is 385 g/mol. The standard InChI is InChI=1S/C17H18Cl2N2S2/c1-21(12-13-7-8-15(18)16(19)11-13)17(22)20-9-10-23-14-5-3-2-4-6-14/h2-8,11H,9-10,12H2,1H3,(H,20,22). The number of hydrogen-bond donors (Lipinski definition) is 1. The maximum Gasteiger partial charge on any atom is 0.169 e. The van der Waals surface area contributed by atoms with Crippen molar-refractivity contribution in [1.29, 1.82) is 0 Å². The maximum absolute atomic E-state index is 6.04. The largest absolute Gasteiger partial charge is 0.362 e. The van der Waals surface area contributed by atoms with Crippen molar-refractivity contribution in [2.75, 3.05) is 19.3 Å². The molecule has 0 atom stereocenters. The monoisotopic (exact) mass is 384 g/mol. The molecule has 2 rings (SSSR count). The molecule has 0 radical (unpaired) electrons. The zero-order valence-electron chi connectivity index (χ0n) is 12.8. The molecule has 0 fully saturated rings. The minimum atomic E-state index is 0.565. The Hall–Kier alpha value is -0.940. The Bertz CT molecular complexity index is 650. The average Bonchev–Trinajstić information content (AvgIpc) is 2.55. The van der Waals surface area contributed by atoms with Gasteiger partial charge in [0.1, 0.15) is 0 Å². The molecule has 0 unspecified atom stereocenters. The molecule has 0 saturated carbocycles. The number of thioether (sulfide) groups is 1. The molecule has 6 heteroatoms. The summed E-state index contributed by atoms with van der Waals surface area (Å²) in [5, 5.41) is 5.13. The van der Waals surface area contributed by atoms with Crippen LogP contribution in [0.15, 0.2) is 53.4 Å². The molecule has 23 heavy (non-hydrogen) atoms. The van der Waals surface area contributed by atoms with Gasteiger partial charge in [0.15, 0.2) is 5.11 Å². The molecule has 0 aliphatic heterocycles. The number of nitrogens with zero attached hydrogens (tertiary/aromatic N) is 1. The molecule has 1 N–H and O–H groups in total. The zero-order valence-corrected chi connectivity index (χ0v) is 15.9. The summed E-state index contributed by atoms with van der Waals surface area (Å²) < 4.78 is 0. The topological polar surface area (TPSA) is 15.3 Å². The van der Waals surface area contributed by atoms with Crippen LogP contribution in [-0.2, 0) is 6.54 Å². The second kappa shape index (κ2) is 9.38. The summed E-state index contributed by atoms with van der Waals surface area (Å²) in [7, 11) is 1.96. The fraction of sp³-hybridized carbons (Fsp3) is 0.235. The highest BCUT2D eigenvalue weighted by Gasteiger charge is 2.06. The third kappa shape index (κ3) is 6.22. The van der Waals surface area contributed by atoms with Gasteiger partial charge in [-0.15, -0.1) is 11.8 Å². The van der Waals surface area contributed by atoms with E-state index in [1.54, 1.807) is 6.07 Å². The van der Waals surface area contributed by atoms with Crippen LogP contribution in [0.2, 0.25) is 10.0 Å². The molecule has 0 aliphatic rings. The molecule has 0 heterocycles. The first-order valence-electron chi connectivity index (χ1n) is 7.17. The van der Waals surface area contributed by atoms with Gasteiger partial charge < -0.3 is 10.2 Å². The van der Waals surface area contributed by atoms with Gasteiger partial charge in [-0.1, -0.05) is 47.5 Å². The van der Waals surface area contributed by atoms with Crippen LogP contribution in [0.4, 0.5) is 0 Å². The molecule has 2 aromatic rings. The van der Waals surface area contributed by atoms with Crippen LogP contribution in [0.1, 0.15) is 5.56 Å². The minimum absolute atomic E-state index is 0.565. The van der Waals surface area contributed by atoms with Crippen LogP contribution in [-0.4, -0.2) is 29.4 Å². The lowest BCUT2D eigenvalue weighted by Gasteiger charge is -2.21. The lowest BCUT2D eigenvalue weighted by Crippen LogP contribution is -2.37. The first-order chi connectivity index (χ1) is 11.1. The number of hydrogen-bond acceptors (Lipinski definition) is 2. The third-order valence-corrected chi connectivity index (χ3v) is 5.35. The molecule has 2 nitrogen and oxygen atoms in total. The van der Waals surface area contributed by atoms with E-state index in [0.29, 0.717) is 16.6 Å². The number of thiocarbonyl (C=S) groups is 1. The molecule has 122 valence electrons. The Balaban J connectivity index is 1.73. The van der Waals surface area contributed by atoms with Crippen molar-refractivity contribution >= 4 is 52.3 Å². The van der Waals surface area contributed by atoms with Gasteiger partial charge in [0.05, 0.1) is 10.0 Å². The van der Waals surface area contributed by atoms with E-state index in [1.807, 2.05) is 54.0 Å². The Labute approximate surface area is 157 Å². The van der Waals surface area contributed by atoms with Crippen molar-refractivity contribution < 1.29 is 0 Å². The fourth-order valence-corrected chi connectivity index (χ4v) is 3.24. The molecule has 2 aromatic carbocycles. The second-order valence-electron chi connectivity index (χ2n) is 5.00. The molecule has 0 amide bonds. The highest BCUT2D eigenvalue weighted by molar-refractivity contribution is 7.99. The van der Waals surface area contributed by atoms with Crippen LogP contribution in [0.5, 0.6) is 0 Å². The normalized spacial score (nSPS) is 10.4. The number of benzene rings is 2. The van der Waals surface area contributed by atoms with Crippen LogP contribution in [0.25, 0.3) is 0 Å². The first-order valence-corrected chi connectivity index (χ1v) is 9.32. The van der Waals surface area contributed by atoms with Crippen molar-refractivity contribution in [3.63, 3.8) is 0 Å². The molecule has 0 saturated heterocycles. The van der Waals surface area contributed by atoms with Crippen LogP contribution < -0.4 is 5.32 Å². The highest BCUT2D eigenvalue weighted by atomic mass is 35.5. The Morgan fingerprint density at radius 3 is 2.57 bits per heavy atom. The number of nitrogens with one attached hydrogen (secondary N) is 1. The van der Waals surface area contributed by atoms with Crippen LogP contribution in [0, 0.1) is 0 Å². The molecular formula is C17H18Cl2N2S2. The maximum atomic E-state index is 6.04. The van der Waals surface area contributed by atoms with Gasteiger partial charge in [-0.3, -0.25) is 0 Å². The van der Waals surface area contributed by atoms with Crippen molar-refractivity contribution in [1.82, 2.24) is 10.2 Å². The van der Waals surface area contributed by atoms with Gasteiger partial charge in [0.2, 0.25) is 0 Å². The number of halogens is 2. The van der Waals surface area contributed by atoms with Gasteiger partial charge in [0, 0.05) is 30.8 Å². The molecule has 0 aliphatic carbocycles. The van der Waals surface area contributed by atoms with Gasteiger partial charge in [0.25, 0.3) is 0 Å². The van der Waals surface area contributed by atoms with E-state index < -0.39 is 0 Å². The summed E-state index contributed by atoms with van der Waals surface area (Å²) in [4.78, 5) is 3.26. The molecule has 0 bridgehead atoms. The predicted octanol–water partition coefficient (Wildman–Crippen LogP) is 5.09. The zero-order chi connectivity index (χ0) is 16.7. The second-order valence-corrected chi connectivity index (χ2v) is 7.37. The Kier molecular flexibility index (Phi) is 7.50. The molecule has 0 spiro atoms. The van der Waals surface area contributed by atoms with Crippen LogP contribution in [0.3, 0.4) is 0 Å². The third-order valence-electron chi connectivity index (χ3n) is 3.14. The van der Waals surface area contributed by atoms with Crippen molar-refractivity contribution in [2.45, 2.75) is 11.4 Å². The van der Waals surface area contributed by atoms with E-state index in [0.717, 1.165) is 23.0 Å². The lowest BCUT2D eigenvalue weighted by molar-refractivity contribution is 0.491. The predicted molar refractivity (Wildman–Crippen MR) is 106 cm³/mol. The smallest absolute Gasteiger partial charge is 0.169 e. The van der Waals surface area contributed by atoms with Gasteiger partial charge >= 0.3 is 0 Å². The summed E-state index contributed by atoms with van der Waals surface area (Å²) >= 11 is 19.2. The number of rotatable bonds is 6. The Morgan fingerprint density at radius 1 is 1.13 bits per heavy atom. The van der Waals surface area contributed by atoms with Gasteiger partial charge in [-0.2, -0.15) is 0 Å². The minimum Gasteiger partial charge on any atom is -0.362 e. The van der Waals surface area contributed by atoms with Crippen molar-refractivity contribution in [2.24, 2.45) is 0 Å². The van der Waals surface area contributed by atoms with E-state index in [1.165, 1.54) is 4.90 Å². The van der Waals surface area contributed by atoms with Gasteiger partial charge in [-0.25, -0.2) is 0 Å².